The van der Waals surface area contributed by atoms with Crippen molar-refractivity contribution in [3.8, 4) is 17.0 Å². The highest BCUT2D eigenvalue weighted by Gasteiger charge is 2.27. The molecule has 5 rings (SSSR count). The minimum Gasteiger partial charge on any atom is -0.480 e. The number of ether oxygens (including phenoxy) is 1. The molecule has 1 saturated heterocycles. The van der Waals surface area contributed by atoms with E-state index in [-0.39, 0.29) is 23.3 Å². The number of pyridine rings is 2. The minimum absolute atomic E-state index is 0.113. The molecule has 12 nitrogen and oxygen atoms in total. The summed E-state index contributed by atoms with van der Waals surface area (Å²) in [5.41, 5.74) is 1.62. The van der Waals surface area contributed by atoms with Crippen LogP contribution in [0.4, 0.5) is 20.3 Å². The van der Waals surface area contributed by atoms with Gasteiger partial charge in [-0.3, -0.25) is 19.3 Å². The van der Waals surface area contributed by atoms with Gasteiger partial charge in [0.15, 0.2) is 22.3 Å². The molecule has 3 aromatic heterocycles. The molecule has 0 radical (unpaired) electrons. The number of methoxy groups -OCH3 is 1. The van der Waals surface area contributed by atoms with Gasteiger partial charge >= 0.3 is 0 Å². The Morgan fingerprint density at radius 2 is 1.67 bits per heavy atom. The second-order valence-corrected chi connectivity index (χ2v) is 11.1. The standard InChI is InChI=1S/C28H25F2N7O5S/c1-17(38)3-6-25(39)36-7-9-37(10-8-36)27-20-11-18(4-5-23(20)33-16-34-27)19-12-24(28(42-2)32-13-19)35-43(40,41)26-21(29)14-31-15-22(26)30/h3-6,11-16,35H,7-10H2,1-2H3/b6-3+. The second kappa shape index (κ2) is 12.1. The summed E-state index contributed by atoms with van der Waals surface area (Å²) in [4.78, 5) is 42.4. The Balaban J connectivity index is 1.45. The van der Waals surface area contributed by atoms with Gasteiger partial charge in [-0.25, -0.2) is 32.2 Å². The Bertz CT molecular complexity index is 1840. The fourth-order valence-corrected chi connectivity index (χ4v) is 5.76. The molecule has 0 unspecified atom stereocenters. The van der Waals surface area contributed by atoms with Crippen molar-refractivity contribution in [3.05, 3.63) is 73.0 Å². The van der Waals surface area contributed by atoms with Crippen LogP contribution < -0.4 is 14.4 Å². The smallest absolute Gasteiger partial charge is 0.268 e. The van der Waals surface area contributed by atoms with Crippen LogP contribution in [-0.4, -0.2) is 78.2 Å². The first kappa shape index (κ1) is 29.4. The molecule has 0 atom stereocenters. The maximum atomic E-state index is 14.2. The van der Waals surface area contributed by atoms with E-state index < -0.39 is 26.6 Å². The Hall–Kier alpha value is -5.05. The van der Waals surface area contributed by atoms with Gasteiger partial charge in [0.25, 0.3) is 10.0 Å². The van der Waals surface area contributed by atoms with Crippen LogP contribution in [0.1, 0.15) is 6.92 Å². The molecular formula is C28H25F2N7O5S. The largest absolute Gasteiger partial charge is 0.480 e. The number of nitrogens with one attached hydrogen (secondary N) is 1. The highest BCUT2D eigenvalue weighted by atomic mass is 32.2. The first-order valence-electron chi connectivity index (χ1n) is 12.9. The lowest BCUT2D eigenvalue weighted by Crippen LogP contribution is -2.48. The normalized spacial score (nSPS) is 13.9. The van der Waals surface area contributed by atoms with E-state index in [0.29, 0.717) is 66.4 Å². The van der Waals surface area contributed by atoms with E-state index in [1.54, 1.807) is 17.0 Å². The molecular weight excluding hydrogens is 584 g/mol. The van der Waals surface area contributed by atoms with Gasteiger partial charge in [-0.05, 0) is 36.8 Å². The number of hydrogen-bond acceptors (Lipinski definition) is 10. The number of ketones is 1. The summed E-state index contributed by atoms with van der Waals surface area (Å²) in [5, 5.41) is 0.704. The van der Waals surface area contributed by atoms with E-state index in [2.05, 4.69) is 24.7 Å². The number of piperazine rings is 1. The molecule has 222 valence electrons. The third-order valence-corrected chi connectivity index (χ3v) is 8.08. The highest BCUT2D eigenvalue weighted by molar-refractivity contribution is 7.92. The molecule has 0 bridgehead atoms. The van der Waals surface area contributed by atoms with E-state index in [0.717, 1.165) is 0 Å². The van der Waals surface area contributed by atoms with Gasteiger partial charge in [-0.2, -0.15) is 0 Å². The van der Waals surface area contributed by atoms with Crippen LogP contribution in [0, 0.1) is 11.6 Å². The number of amides is 1. The van der Waals surface area contributed by atoms with E-state index in [1.165, 1.54) is 44.8 Å². The molecule has 4 heterocycles. The first-order valence-corrected chi connectivity index (χ1v) is 14.4. The summed E-state index contributed by atoms with van der Waals surface area (Å²) in [6, 6.07) is 6.80. The Morgan fingerprint density at radius 1 is 0.953 bits per heavy atom. The van der Waals surface area contributed by atoms with Crippen LogP contribution in [0.5, 0.6) is 5.88 Å². The van der Waals surface area contributed by atoms with Gasteiger partial charge in [0.1, 0.15) is 17.8 Å². The molecule has 0 aliphatic carbocycles. The lowest BCUT2D eigenvalue weighted by Gasteiger charge is -2.35. The molecule has 0 saturated carbocycles. The molecule has 0 spiro atoms. The van der Waals surface area contributed by atoms with Crippen LogP contribution in [0.3, 0.4) is 0 Å². The number of halogens is 2. The van der Waals surface area contributed by atoms with Gasteiger partial charge in [0, 0.05) is 49.4 Å². The second-order valence-electron chi connectivity index (χ2n) is 9.50. The number of aromatic nitrogens is 4. The van der Waals surface area contributed by atoms with Crippen molar-refractivity contribution in [1.82, 2.24) is 24.8 Å². The number of hydrogen-bond donors (Lipinski definition) is 1. The third kappa shape index (κ3) is 6.25. The van der Waals surface area contributed by atoms with E-state index >= 15 is 0 Å². The SMILES string of the molecule is COc1ncc(-c2ccc3ncnc(N4CCN(C(=O)/C=C/C(C)=O)CC4)c3c2)cc1NS(=O)(=O)c1c(F)cncc1F. The van der Waals surface area contributed by atoms with E-state index in [9.17, 15) is 26.8 Å². The topological polar surface area (TPSA) is 148 Å². The number of sulfonamides is 1. The van der Waals surface area contributed by atoms with Crippen molar-refractivity contribution >= 4 is 44.1 Å². The monoisotopic (exact) mass is 609 g/mol. The number of nitrogens with zero attached hydrogens (tertiary/aromatic N) is 6. The zero-order valence-corrected chi connectivity index (χ0v) is 23.8. The zero-order valence-electron chi connectivity index (χ0n) is 23.0. The van der Waals surface area contributed by atoms with Crippen LogP contribution >= 0.6 is 0 Å². The summed E-state index contributed by atoms with van der Waals surface area (Å²) in [5.74, 6) is -2.62. The number of benzene rings is 1. The molecule has 15 heteroatoms. The Morgan fingerprint density at radius 3 is 2.35 bits per heavy atom. The quantitative estimate of drug-likeness (QED) is 0.296. The van der Waals surface area contributed by atoms with Crippen LogP contribution in [0.2, 0.25) is 0 Å². The molecule has 43 heavy (non-hydrogen) atoms. The summed E-state index contributed by atoms with van der Waals surface area (Å²) < 4.78 is 61.6. The maximum Gasteiger partial charge on any atom is 0.268 e. The molecule has 1 aliphatic rings. The molecule has 1 fully saturated rings. The molecule has 4 aromatic rings. The fourth-order valence-electron chi connectivity index (χ4n) is 4.61. The molecule has 1 N–H and O–H groups in total. The number of allylic oxidation sites excluding steroid dienone is 1. The summed E-state index contributed by atoms with van der Waals surface area (Å²) in [6.07, 6.45) is 6.63. The average Bonchev–Trinajstić information content (AvgIpc) is 2.99. The van der Waals surface area contributed by atoms with Crippen molar-refractivity contribution in [3.63, 3.8) is 0 Å². The summed E-state index contributed by atoms with van der Waals surface area (Å²) in [6.45, 7) is 3.22. The predicted octanol–water partition coefficient (Wildman–Crippen LogP) is 2.97. The Labute approximate surface area is 245 Å². The van der Waals surface area contributed by atoms with Crippen LogP contribution in [-0.2, 0) is 19.6 Å². The lowest BCUT2D eigenvalue weighted by molar-refractivity contribution is -0.126. The third-order valence-electron chi connectivity index (χ3n) is 6.67. The molecule has 1 aliphatic heterocycles. The summed E-state index contributed by atoms with van der Waals surface area (Å²) in [7, 11) is -3.44. The number of carbonyl (C=O) groups is 2. The molecule has 1 amide bonds. The van der Waals surface area contributed by atoms with Crippen molar-refractivity contribution in [1.29, 1.82) is 0 Å². The van der Waals surface area contributed by atoms with Gasteiger partial charge in [0.2, 0.25) is 11.8 Å². The van der Waals surface area contributed by atoms with Crippen molar-refractivity contribution in [2.75, 3.05) is 42.9 Å². The number of carbonyl (C=O) groups excluding carboxylic acids is 2. The van der Waals surface area contributed by atoms with Crippen molar-refractivity contribution in [2.24, 2.45) is 0 Å². The van der Waals surface area contributed by atoms with E-state index in [4.69, 9.17) is 4.74 Å². The van der Waals surface area contributed by atoms with Gasteiger partial charge in [-0.15, -0.1) is 0 Å². The maximum absolute atomic E-state index is 14.2. The number of anilines is 2. The molecule has 1 aromatic carbocycles. The zero-order chi connectivity index (χ0) is 30.7. The van der Waals surface area contributed by atoms with Crippen molar-refractivity contribution < 1.29 is 31.5 Å². The average molecular weight is 610 g/mol. The lowest BCUT2D eigenvalue weighted by atomic mass is 10.0. The fraction of sp³-hybridized carbons (Fsp3) is 0.214. The minimum atomic E-state index is -4.72. The number of fused-ring (bicyclic) bond motifs is 1. The van der Waals surface area contributed by atoms with Gasteiger partial charge in [-0.1, -0.05) is 6.07 Å². The predicted molar refractivity (Wildman–Crippen MR) is 153 cm³/mol. The highest BCUT2D eigenvalue weighted by Crippen LogP contribution is 2.33. The Kier molecular flexibility index (Phi) is 8.25. The van der Waals surface area contributed by atoms with Crippen LogP contribution in [0.25, 0.3) is 22.0 Å². The summed E-state index contributed by atoms with van der Waals surface area (Å²) >= 11 is 0. The van der Waals surface area contributed by atoms with Gasteiger partial charge in [0.05, 0.1) is 25.0 Å². The number of rotatable bonds is 8. The van der Waals surface area contributed by atoms with Crippen molar-refractivity contribution in [2.45, 2.75) is 11.8 Å². The van der Waals surface area contributed by atoms with E-state index in [1.807, 2.05) is 11.0 Å². The first-order chi connectivity index (χ1) is 20.6. The van der Waals surface area contributed by atoms with Crippen LogP contribution in [0.15, 0.2) is 66.2 Å². The van der Waals surface area contributed by atoms with Gasteiger partial charge < -0.3 is 14.5 Å².